The Morgan fingerprint density at radius 1 is 1.19 bits per heavy atom. The Balaban J connectivity index is 1.60. The van der Waals surface area contributed by atoms with E-state index in [2.05, 4.69) is 14.6 Å². The van der Waals surface area contributed by atoms with Crippen molar-refractivity contribution in [2.45, 2.75) is 56.2 Å². The van der Waals surface area contributed by atoms with Gasteiger partial charge in [-0.05, 0) is 37.3 Å². The van der Waals surface area contributed by atoms with Crippen molar-refractivity contribution in [2.75, 3.05) is 24.6 Å². The average molecular weight is 389 g/mol. The Kier molecular flexibility index (Phi) is 7.05. The van der Waals surface area contributed by atoms with E-state index in [-0.39, 0.29) is 24.1 Å². The lowest BCUT2D eigenvalue weighted by atomic mass is 9.90. The minimum absolute atomic E-state index is 0.162. The fraction of sp³-hybridized carbons (Fsp3) is 0.722. The van der Waals surface area contributed by atoms with Gasteiger partial charge >= 0.3 is 5.51 Å². The van der Waals surface area contributed by atoms with Gasteiger partial charge in [0.15, 0.2) is 0 Å². The van der Waals surface area contributed by atoms with Crippen LogP contribution in [0.3, 0.4) is 0 Å². The highest BCUT2D eigenvalue weighted by molar-refractivity contribution is 7.98. The molecule has 1 aromatic rings. The summed E-state index contributed by atoms with van der Waals surface area (Å²) in [4.78, 5) is 6.46. The molecule has 1 aliphatic carbocycles. The molecule has 0 amide bonds. The molecule has 0 aromatic carbocycles. The number of piperidine rings is 1. The molecule has 1 aromatic heterocycles. The normalized spacial score (nSPS) is 25.4. The molecule has 146 valence electrons. The number of rotatable bonds is 6. The maximum absolute atomic E-state index is 12.6. The van der Waals surface area contributed by atoms with Crippen LogP contribution in [-0.4, -0.2) is 42.3 Å². The number of aromatic nitrogens is 1. The molecule has 1 aliphatic heterocycles. The predicted octanol–water partition coefficient (Wildman–Crippen LogP) is 4.38. The van der Waals surface area contributed by atoms with Crippen molar-refractivity contribution in [3.63, 3.8) is 0 Å². The molecule has 1 saturated heterocycles. The van der Waals surface area contributed by atoms with E-state index in [0.717, 1.165) is 18.7 Å². The van der Waals surface area contributed by atoms with Crippen LogP contribution in [0.4, 0.5) is 19.0 Å². The molecule has 1 N–H and O–H groups in total. The number of ether oxygens (including phenoxy) is 1. The first kappa shape index (κ1) is 19.8. The first-order chi connectivity index (χ1) is 12.5. The highest BCUT2D eigenvalue weighted by atomic mass is 32.2. The first-order valence-corrected chi connectivity index (χ1v) is 10.1. The number of hydrogen-bond donors (Lipinski definition) is 1. The second-order valence-corrected chi connectivity index (χ2v) is 7.97. The van der Waals surface area contributed by atoms with E-state index in [4.69, 9.17) is 4.74 Å². The third kappa shape index (κ3) is 6.03. The Bertz CT molecular complexity index is 540. The zero-order valence-electron chi connectivity index (χ0n) is 14.8. The standard InChI is InChI=1S/C18H26F3N3OS/c19-18(20,21)26-23-15-9-11-24(17-8-4-5-10-22-17)12-16(15)25-13-14-6-2-1-3-7-14/h4-5,8,10,14-16,23H,1-3,6-7,9,11-13H2. The molecule has 26 heavy (non-hydrogen) atoms. The van der Waals surface area contributed by atoms with Gasteiger partial charge in [-0.15, -0.1) is 0 Å². The van der Waals surface area contributed by atoms with Gasteiger partial charge in [0.1, 0.15) is 5.82 Å². The third-order valence-corrected chi connectivity index (χ3v) is 5.78. The summed E-state index contributed by atoms with van der Waals surface area (Å²) in [6.07, 6.45) is 8.10. The fourth-order valence-electron chi connectivity index (χ4n) is 3.73. The summed E-state index contributed by atoms with van der Waals surface area (Å²) in [5.74, 6) is 1.38. The largest absolute Gasteiger partial charge is 0.456 e. The molecule has 4 nitrogen and oxygen atoms in total. The van der Waals surface area contributed by atoms with Crippen LogP contribution in [0.1, 0.15) is 38.5 Å². The number of hydrogen-bond acceptors (Lipinski definition) is 5. The number of alkyl halides is 3. The fourth-order valence-corrected chi connectivity index (χ4v) is 4.28. The number of pyridine rings is 1. The van der Waals surface area contributed by atoms with Crippen LogP contribution in [0.15, 0.2) is 24.4 Å². The van der Waals surface area contributed by atoms with Crippen LogP contribution in [0.5, 0.6) is 0 Å². The van der Waals surface area contributed by atoms with E-state index >= 15 is 0 Å². The van der Waals surface area contributed by atoms with E-state index in [0.29, 0.717) is 32.0 Å². The van der Waals surface area contributed by atoms with Gasteiger partial charge in [-0.25, -0.2) is 4.98 Å². The zero-order chi connectivity index (χ0) is 18.4. The summed E-state index contributed by atoms with van der Waals surface area (Å²) >= 11 is -0.162. The van der Waals surface area contributed by atoms with Crippen molar-refractivity contribution in [2.24, 2.45) is 5.92 Å². The molecule has 8 heteroatoms. The predicted molar refractivity (Wildman–Crippen MR) is 98.0 cm³/mol. The molecule has 2 atom stereocenters. The Morgan fingerprint density at radius 2 is 2.00 bits per heavy atom. The minimum atomic E-state index is -4.29. The molecule has 0 spiro atoms. The third-order valence-electron chi connectivity index (χ3n) is 5.13. The lowest BCUT2D eigenvalue weighted by Crippen LogP contribution is -2.53. The molecular weight excluding hydrogens is 363 g/mol. The molecule has 2 heterocycles. The summed E-state index contributed by atoms with van der Waals surface area (Å²) in [5.41, 5.74) is -4.29. The highest BCUT2D eigenvalue weighted by Gasteiger charge is 2.36. The highest BCUT2D eigenvalue weighted by Crippen LogP contribution is 2.31. The zero-order valence-corrected chi connectivity index (χ0v) is 15.6. The van der Waals surface area contributed by atoms with Gasteiger partial charge in [-0.1, -0.05) is 25.3 Å². The van der Waals surface area contributed by atoms with Crippen molar-refractivity contribution in [3.8, 4) is 0 Å². The smallest absolute Gasteiger partial charge is 0.374 e. The number of nitrogens with one attached hydrogen (secondary N) is 1. The van der Waals surface area contributed by atoms with E-state index in [1.807, 2.05) is 18.2 Å². The van der Waals surface area contributed by atoms with Crippen LogP contribution >= 0.6 is 11.9 Å². The molecule has 2 aliphatic rings. The van der Waals surface area contributed by atoms with Crippen LogP contribution in [0.25, 0.3) is 0 Å². The molecule has 3 rings (SSSR count). The van der Waals surface area contributed by atoms with Gasteiger partial charge in [0.2, 0.25) is 0 Å². The van der Waals surface area contributed by atoms with Gasteiger partial charge in [-0.2, -0.15) is 13.2 Å². The van der Waals surface area contributed by atoms with Gasteiger partial charge in [0, 0.05) is 43.9 Å². The quantitative estimate of drug-likeness (QED) is 0.731. The summed E-state index contributed by atoms with van der Waals surface area (Å²) in [7, 11) is 0. The van der Waals surface area contributed by atoms with Crippen LogP contribution in [0.2, 0.25) is 0 Å². The number of anilines is 1. The second-order valence-electron chi connectivity index (χ2n) is 7.07. The molecule has 2 unspecified atom stereocenters. The molecule has 0 bridgehead atoms. The van der Waals surface area contributed by atoms with Crippen LogP contribution < -0.4 is 9.62 Å². The topological polar surface area (TPSA) is 37.4 Å². The van der Waals surface area contributed by atoms with Crippen LogP contribution in [0, 0.1) is 5.92 Å². The lowest BCUT2D eigenvalue weighted by molar-refractivity contribution is -0.0354. The van der Waals surface area contributed by atoms with Crippen molar-refractivity contribution in [3.05, 3.63) is 24.4 Å². The van der Waals surface area contributed by atoms with E-state index in [1.54, 1.807) is 6.20 Å². The summed E-state index contributed by atoms with van der Waals surface area (Å²) in [5, 5.41) is 0. The van der Waals surface area contributed by atoms with Crippen molar-refractivity contribution in [1.82, 2.24) is 9.71 Å². The lowest BCUT2D eigenvalue weighted by Gasteiger charge is -2.39. The summed E-state index contributed by atoms with van der Waals surface area (Å²) < 4.78 is 46.5. The van der Waals surface area contributed by atoms with Crippen molar-refractivity contribution < 1.29 is 17.9 Å². The summed E-state index contributed by atoms with van der Waals surface area (Å²) in [6.45, 7) is 1.85. The molecular formula is C18H26F3N3OS. The van der Waals surface area contributed by atoms with Gasteiger partial charge in [-0.3, -0.25) is 4.72 Å². The Labute approximate surface area is 157 Å². The Morgan fingerprint density at radius 3 is 2.69 bits per heavy atom. The van der Waals surface area contributed by atoms with Crippen molar-refractivity contribution in [1.29, 1.82) is 0 Å². The van der Waals surface area contributed by atoms with E-state index in [9.17, 15) is 13.2 Å². The molecule has 0 radical (unpaired) electrons. The average Bonchev–Trinajstić information content (AvgIpc) is 2.66. The summed E-state index contributed by atoms with van der Waals surface area (Å²) in [6, 6.07) is 5.39. The van der Waals surface area contributed by atoms with Crippen molar-refractivity contribution >= 4 is 17.8 Å². The van der Waals surface area contributed by atoms with Gasteiger partial charge in [0.25, 0.3) is 0 Å². The molecule has 1 saturated carbocycles. The molecule has 2 fully saturated rings. The number of halogens is 3. The maximum atomic E-state index is 12.6. The monoisotopic (exact) mass is 389 g/mol. The first-order valence-electron chi connectivity index (χ1n) is 9.29. The second kappa shape index (κ2) is 9.28. The van der Waals surface area contributed by atoms with E-state index < -0.39 is 5.51 Å². The number of nitrogens with zero attached hydrogens (tertiary/aromatic N) is 2. The maximum Gasteiger partial charge on any atom is 0.456 e. The SMILES string of the molecule is FC(F)(F)SNC1CCN(c2ccccn2)CC1OCC1CCCCC1. The van der Waals surface area contributed by atoms with E-state index in [1.165, 1.54) is 19.3 Å². The Hall–Kier alpha value is -0.990. The minimum Gasteiger partial charge on any atom is -0.374 e. The van der Waals surface area contributed by atoms with Gasteiger partial charge < -0.3 is 9.64 Å². The van der Waals surface area contributed by atoms with Gasteiger partial charge in [0.05, 0.1) is 6.10 Å². The van der Waals surface area contributed by atoms with Crippen LogP contribution in [-0.2, 0) is 4.74 Å².